The molecule has 1 aromatic heterocycles. The van der Waals surface area contributed by atoms with Crippen LogP contribution in [0.15, 0.2) is 10.6 Å². The van der Waals surface area contributed by atoms with Crippen LogP contribution in [0.25, 0.3) is 0 Å². The number of amides is 1. The van der Waals surface area contributed by atoms with Gasteiger partial charge in [-0.1, -0.05) is 20.8 Å². The zero-order valence-corrected chi connectivity index (χ0v) is 10.2. The Morgan fingerprint density at radius 2 is 2.25 bits per heavy atom. The predicted octanol–water partition coefficient (Wildman–Crippen LogP) is 0.973. The Kier molecular flexibility index (Phi) is 3.70. The second-order valence-corrected chi connectivity index (χ2v) is 4.93. The van der Waals surface area contributed by atoms with Crippen LogP contribution < -0.4 is 11.1 Å². The molecule has 16 heavy (non-hydrogen) atoms. The molecule has 90 valence electrons. The molecule has 0 aliphatic carbocycles. The number of carbonyl (C=O) groups excluding carboxylic acids is 1. The summed E-state index contributed by atoms with van der Waals surface area (Å²) in [5.41, 5.74) is 5.12. The highest BCUT2D eigenvalue weighted by Gasteiger charge is 2.29. The lowest BCUT2D eigenvalue weighted by Gasteiger charge is -2.28. The van der Waals surface area contributed by atoms with E-state index >= 15 is 0 Å². The van der Waals surface area contributed by atoms with Gasteiger partial charge in [0.25, 0.3) is 0 Å². The maximum atomic E-state index is 11.3. The Morgan fingerprint density at radius 3 is 2.62 bits per heavy atom. The summed E-state index contributed by atoms with van der Waals surface area (Å²) in [4.78, 5) is 15.3. The van der Waals surface area contributed by atoms with Crippen molar-refractivity contribution in [2.24, 2.45) is 11.1 Å². The van der Waals surface area contributed by atoms with Crippen LogP contribution in [0.2, 0.25) is 0 Å². The SMILES string of the molecule is Cc1ncc(CN[C@H](C(N)=O)C(C)(C)C)o1. The summed E-state index contributed by atoms with van der Waals surface area (Å²) in [6, 6.07) is -0.391. The van der Waals surface area contributed by atoms with Crippen LogP contribution in [0.5, 0.6) is 0 Å². The number of hydrogen-bond donors (Lipinski definition) is 2. The molecule has 1 rings (SSSR count). The van der Waals surface area contributed by atoms with Crippen molar-refractivity contribution in [1.29, 1.82) is 0 Å². The molecule has 1 atom stereocenters. The third-order valence-corrected chi connectivity index (χ3v) is 2.30. The molecule has 1 heterocycles. The van der Waals surface area contributed by atoms with Crippen LogP contribution in [-0.2, 0) is 11.3 Å². The van der Waals surface area contributed by atoms with Gasteiger partial charge in [0.1, 0.15) is 5.76 Å². The Bertz CT molecular complexity index is 366. The number of aromatic nitrogens is 1. The summed E-state index contributed by atoms with van der Waals surface area (Å²) in [6.45, 7) is 8.10. The van der Waals surface area contributed by atoms with Crippen molar-refractivity contribution in [2.45, 2.75) is 40.3 Å². The molecule has 0 bridgehead atoms. The number of nitrogens with one attached hydrogen (secondary N) is 1. The van der Waals surface area contributed by atoms with Gasteiger partial charge in [0.2, 0.25) is 5.91 Å². The van der Waals surface area contributed by atoms with Gasteiger partial charge in [-0.15, -0.1) is 0 Å². The van der Waals surface area contributed by atoms with Gasteiger partial charge in [-0.25, -0.2) is 4.98 Å². The lowest BCUT2D eigenvalue weighted by atomic mass is 9.86. The third-order valence-electron chi connectivity index (χ3n) is 2.30. The van der Waals surface area contributed by atoms with Crippen molar-refractivity contribution in [3.05, 3.63) is 17.8 Å². The summed E-state index contributed by atoms with van der Waals surface area (Å²) in [5.74, 6) is 0.958. The number of oxazole rings is 1. The molecule has 0 radical (unpaired) electrons. The number of primary amides is 1. The van der Waals surface area contributed by atoms with E-state index in [9.17, 15) is 4.79 Å². The monoisotopic (exact) mass is 225 g/mol. The van der Waals surface area contributed by atoms with E-state index in [1.54, 1.807) is 13.1 Å². The fraction of sp³-hybridized carbons (Fsp3) is 0.636. The highest BCUT2D eigenvalue weighted by molar-refractivity contribution is 5.80. The normalized spacial score (nSPS) is 13.8. The molecule has 0 aromatic carbocycles. The van der Waals surface area contributed by atoms with Crippen LogP contribution >= 0.6 is 0 Å². The molecule has 0 aliphatic heterocycles. The average Bonchev–Trinajstić information content (AvgIpc) is 2.48. The average molecular weight is 225 g/mol. The van der Waals surface area contributed by atoms with Crippen LogP contribution in [0, 0.1) is 12.3 Å². The number of carbonyl (C=O) groups is 1. The van der Waals surface area contributed by atoms with Crippen molar-refractivity contribution < 1.29 is 9.21 Å². The second kappa shape index (κ2) is 4.65. The third kappa shape index (κ3) is 3.34. The summed E-state index contributed by atoms with van der Waals surface area (Å²) < 4.78 is 5.30. The minimum Gasteiger partial charge on any atom is -0.445 e. The van der Waals surface area contributed by atoms with Crippen LogP contribution in [-0.4, -0.2) is 16.9 Å². The van der Waals surface area contributed by atoms with Crippen LogP contribution in [0.3, 0.4) is 0 Å². The lowest BCUT2D eigenvalue weighted by Crippen LogP contribution is -2.49. The van der Waals surface area contributed by atoms with Crippen LogP contribution in [0.1, 0.15) is 32.4 Å². The molecule has 0 unspecified atom stereocenters. The fourth-order valence-electron chi connectivity index (χ4n) is 1.52. The fourth-order valence-corrected chi connectivity index (χ4v) is 1.52. The van der Waals surface area contributed by atoms with E-state index < -0.39 is 6.04 Å². The van der Waals surface area contributed by atoms with E-state index in [0.717, 1.165) is 0 Å². The van der Waals surface area contributed by atoms with Crippen molar-refractivity contribution in [1.82, 2.24) is 10.3 Å². The lowest BCUT2D eigenvalue weighted by molar-refractivity contribution is -0.122. The van der Waals surface area contributed by atoms with Gasteiger partial charge in [-0.05, 0) is 5.41 Å². The molecule has 0 saturated heterocycles. The van der Waals surface area contributed by atoms with Crippen molar-refractivity contribution >= 4 is 5.91 Å². The maximum absolute atomic E-state index is 11.3. The highest BCUT2D eigenvalue weighted by atomic mass is 16.4. The summed E-state index contributed by atoms with van der Waals surface area (Å²) in [5, 5.41) is 3.08. The number of nitrogens with zero attached hydrogens (tertiary/aromatic N) is 1. The van der Waals surface area contributed by atoms with Gasteiger partial charge in [0, 0.05) is 6.92 Å². The summed E-state index contributed by atoms with van der Waals surface area (Å²) in [6.07, 6.45) is 1.64. The largest absolute Gasteiger partial charge is 0.445 e. The Hall–Kier alpha value is -1.36. The first-order valence-corrected chi connectivity index (χ1v) is 5.24. The van der Waals surface area contributed by atoms with Gasteiger partial charge in [0.05, 0.1) is 18.8 Å². The Balaban J connectivity index is 2.61. The molecule has 0 spiro atoms. The summed E-state index contributed by atoms with van der Waals surface area (Å²) >= 11 is 0. The summed E-state index contributed by atoms with van der Waals surface area (Å²) in [7, 11) is 0. The van der Waals surface area contributed by atoms with Gasteiger partial charge in [-0.3, -0.25) is 10.1 Å². The Labute approximate surface area is 95.4 Å². The second-order valence-electron chi connectivity index (χ2n) is 4.93. The molecular formula is C11H19N3O2. The topological polar surface area (TPSA) is 81.1 Å². The molecule has 3 N–H and O–H groups in total. The standard InChI is InChI=1S/C11H19N3O2/c1-7-13-5-8(16-7)6-14-9(10(12)15)11(2,3)4/h5,9,14H,6H2,1-4H3,(H2,12,15)/t9-/m1/s1. The van der Waals surface area contributed by atoms with Crippen molar-refractivity contribution in [3.63, 3.8) is 0 Å². The smallest absolute Gasteiger partial charge is 0.235 e. The van der Waals surface area contributed by atoms with Crippen molar-refractivity contribution in [3.8, 4) is 0 Å². The minimum atomic E-state index is -0.391. The molecule has 5 heteroatoms. The molecule has 1 aromatic rings. The molecular weight excluding hydrogens is 206 g/mol. The molecule has 1 amide bonds. The van der Waals surface area contributed by atoms with Gasteiger partial charge >= 0.3 is 0 Å². The van der Waals surface area contributed by atoms with E-state index in [-0.39, 0.29) is 11.3 Å². The Morgan fingerprint density at radius 1 is 1.62 bits per heavy atom. The quantitative estimate of drug-likeness (QED) is 0.800. The first kappa shape index (κ1) is 12.7. The maximum Gasteiger partial charge on any atom is 0.235 e. The van der Waals surface area contributed by atoms with Gasteiger partial charge in [0.15, 0.2) is 5.89 Å². The zero-order chi connectivity index (χ0) is 12.3. The molecule has 0 fully saturated rings. The number of aryl methyl sites for hydroxylation is 1. The number of hydrogen-bond acceptors (Lipinski definition) is 4. The molecule has 0 saturated carbocycles. The molecule has 0 aliphatic rings. The van der Waals surface area contributed by atoms with E-state index in [0.29, 0.717) is 18.2 Å². The highest BCUT2D eigenvalue weighted by Crippen LogP contribution is 2.19. The van der Waals surface area contributed by atoms with E-state index in [1.807, 2.05) is 20.8 Å². The van der Waals surface area contributed by atoms with Gasteiger partial charge in [-0.2, -0.15) is 0 Å². The van der Waals surface area contributed by atoms with E-state index in [2.05, 4.69) is 10.3 Å². The van der Waals surface area contributed by atoms with E-state index in [1.165, 1.54) is 0 Å². The van der Waals surface area contributed by atoms with Crippen LogP contribution in [0.4, 0.5) is 0 Å². The minimum absolute atomic E-state index is 0.221. The first-order chi connectivity index (χ1) is 7.30. The van der Waals surface area contributed by atoms with Crippen molar-refractivity contribution in [2.75, 3.05) is 0 Å². The number of nitrogens with two attached hydrogens (primary N) is 1. The first-order valence-electron chi connectivity index (χ1n) is 5.24. The number of rotatable bonds is 4. The molecule has 5 nitrogen and oxygen atoms in total. The predicted molar refractivity (Wildman–Crippen MR) is 60.5 cm³/mol. The van der Waals surface area contributed by atoms with E-state index in [4.69, 9.17) is 10.2 Å². The zero-order valence-electron chi connectivity index (χ0n) is 10.2. The van der Waals surface area contributed by atoms with Gasteiger partial charge < -0.3 is 10.2 Å².